The molecule has 0 radical (unpaired) electrons. The van der Waals surface area contributed by atoms with Gasteiger partial charge in [-0.1, -0.05) is 23.2 Å². The molecule has 0 atom stereocenters. The molecule has 1 aromatic heterocycles. The maximum atomic E-state index is 12.7. The van der Waals surface area contributed by atoms with Crippen LogP contribution in [0.25, 0.3) is 6.08 Å². The lowest BCUT2D eigenvalue weighted by atomic mass is 10.1. The fourth-order valence-corrected chi connectivity index (χ4v) is 2.53. The molecule has 18 heavy (non-hydrogen) atoms. The van der Waals surface area contributed by atoms with Crippen LogP contribution >= 0.6 is 34.5 Å². The van der Waals surface area contributed by atoms with Gasteiger partial charge in [0.15, 0.2) is 10.3 Å². The quantitative estimate of drug-likeness (QED) is 0.618. The van der Waals surface area contributed by atoms with E-state index in [-0.39, 0.29) is 16.8 Å². The van der Waals surface area contributed by atoms with Crippen LogP contribution in [-0.2, 0) is 0 Å². The van der Waals surface area contributed by atoms with E-state index in [4.69, 9.17) is 23.2 Å². The van der Waals surface area contributed by atoms with Gasteiger partial charge >= 0.3 is 0 Å². The summed E-state index contributed by atoms with van der Waals surface area (Å²) in [7, 11) is 0. The Bertz CT molecular complexity index is 607. The first-order chi connectivity index (χ1) is 8.56. The Labute approximate surface area is 117 Å². The summed E-state index contributed by atoms with van der Waals surface area (Å²) < 4.78 is 13.0. The highest BCUT2D eigenvalue weighted by atomic mass is 35.5. The fourth-order valence-electron chi connectivity index (χ4n) is 1.25. The molecule has 0 fully saturated rings. The first kappa shape index (κ1) is 13.2. The van der Waals surface area contributed by atoms with Crippen LogP contribution in [0.3, 0.4) is 0 Å². The summed E-state index contributed by atoms with van der Waals surface area (Å²) in [6.45, 7) is 0. The van der Waals surface area contributed by atoms with Gasteiger partial charge in [-0.15, -0.1) is 11.3 Å². The van der Waals surface area contributed by atoms with Crippen molar-refractivity contribution in [1.82, 2.24) is 4.98 Å². The van der Waals surface area contributed by atoms with Crippen molar-refractivity contribution in [3.8, 4) is 0 Å². The van der Waals surface area contributed by atoms with Gasteiger partial charge in [0.25, 0.3) is 0 Å². The van der Waals surface area contributed by atoms with Crippen molar-refractivity contribution in [1.29, 1.82) is 0 Å². The van der Waals surface area contributed by atoms with E-state index in [0.29, 0.717) is 14.9 Å². The van der Waals surface area contributed by atoms with E-state index < -0.39 is 0 Å². The number of carbonyl (C=O) groups excluding carboxylic acids is 1. The lowest BCUT2D eigenvalue weighted by Crippen LogP contribution is -1.93. The van der Waals surface area contributed by atoms with Gasteiger partial charge < -0.3 is 0 Å². The zero-order valence-electron chi connectivity index (χ0n) is 8.86. The summed E-state index contributed by atoms with van der Waals surface area (Å²) in [6.07, 6.45) is 2.89. The fraction of sp³-hybridized carbons (Fsp3) is 0. The highest BCUT2D eigenvalue weighted by Crippen LogP contribution is 2.27. The highest BCUT2D eigenvalue weighted by Gasteiger charge is 2.06. The number of carbonyl (C=O) groups is 1. The molecule has 2 nitrogen and oxygen atoms in total. The van der Waals surface area contributed by atoms with Crippen LogP contribution in [-0.4, -0.2) is 10.8 Å². The zero-order chi connectivity index (χ0) is 13.1. The number of allylic oxidation sites excluding steroid dienone is 1. The van der Waals surface area contributed by atoms with Crippen molar-refractivity contribution in [3.63, 3.8) is 0 Å². The minimum absolute atomic E-state index is 0.240. The van der Waals surface area contributed by atoms with Crippen LogP contribution in [0.2, 0.25) is 9.62 Å². The second kappa shape index (κ2) is 5.61. The summed E-state index contributed by atoms with van der Waals surface area (Å²) in [4.78, 5) is 16.2. The van der Waals surface area contributed by atoms with Gasteiger partial charge in [-0.25, -0.2) is 9.37 Å². The van der Waals surface area contributed by atoms with E-state index in [2.05, 4.69) is 4.98 Å². The van der Waals surface area contributed by atoms with Crippen molar-refractivity contribution >= 4 is 46.4 Å². The van der Waals surface area contributed by atoms with Gasteiger partial charge in [0.2, 0.25) is 0 Å². The molecular formula is C12H6Cl2FNOS. The molecule has 0 aliphatic carbocycles. The SMILES string of the molecule is O=C(/C=C/c1sc(Cl)nc1Cl)c1ccc(F)cc1. The van der Waals surface area contributed by atoms with Crippen LogP contribution in [0.4, 0.5) is 4.39 Å². The van der Waals surface area contributed by atoms with Crippen LogP contribution in [0.5, 0.6) is 0 Å². The van der Waals surface area contributed by atoms with E-state index >= 15 is 0 Å². The summed E-state index contributed by atoms with van der Waals surface area (Å²) in [5.41, 5.74) is 0.402. The topological polar surface area (TPSA) is 30.0 Å². The number of ketones is 1. The van der Waals surface area contributed by atoms with Gasteiger partial charge in [0.1, 0.15) is 11.0 Å². The molecule has 1 heterocycles. The van der Waals surface area contributed by atoms with E-state index in [0.717, 1.165) is 0 Å². The van der Waals surface area contributed by atoms with Gasteiger partial charge in [-0.2, -0.15) is 0 Å². The predicted octanol–water partition coefficient (Wildman–Crippen LogP) is 4.49. The number of aromatic nitrogens is 1. The lowest BCUT2D eigenvalue weighted by Gasteiger charge is -1.94. The zero-order valence-corrected chi connectivity index (χ0v) is 11.2. The Hall–Kier alpha value is -1.23. The van der Waals surface area contributed by atoms with Crippen molar-refractivity contribution < 1.29 is 9.18 Å². The molecular weight excluding hydrogens is 296 g/mol. The molecule has 92 valence electrons. The minimum atomic E-state index is -0.382. The summed E-state index contributed by atoms with van der Waals surface area (Å²) >= 11 is 12.7. The molecule has 0 bridgehead atoms. The van der Waals surface area contributed by atoms with E-state index in [1.165, 1.54) is 47.8 Å². The van der Waals surface area contributed by atoms with Crippen molar-refractivity contribution in [2.75, 3.05) is 0 Å². The second-order valence-corrected chi connectivity index (χ2v) is 5.30. The summed E-state index contributed by atoms with van der Waals surface area (Å²) in [6, 6.07) is 5.31. The number of thiazole rings is 1. The smallest absolute Gasteiger partial charge is 0.185 e. The first-order valence-corrected chi connectivity index (χ1v) is 6.43. The Morgan fingerprint density at radius 2 is 1.94 bits per heavy atom. The number of halogens is 3. The molecule has 0 saturated carbocycles. The molecule has 2 rings (SSSR count). The molecule has 0 aliphatic rings. The Kier molecular flexibility index (Phi) is 4.11. The number of benzene rings is 1. The number of hydrogen-bond donors (Lipinski definition) is 0. The molecule has 2 aromatic rings. The molecule has 0 unspecified atom stereocenters. The Morgan fingerprint density at radius 3 is 2.50 bits per heavy atom. The summed E-state index contributed by atoms with van der Waals surface area (Å²) in [5, 5.41) is 0.258. The monoisotopic (exact) mass is 301 g/mol. The summed E-state index contributed by atoms with van der Waals surface area (Å²) in [5.74, 6) is -0.622. The van der Waals surface area contributed by atoms with Crippen molar-refractivity contribution in [3.05, 3.63) is 56.2 Å². The maximum absolute atomic E-state index is 12.7. The van der Waals surface area contributed by atoms with Gasteiger partial charge in [-0.05, 0) is 36.4 Å². The maximum Gasteiger partial charge on any atom is 0.185 e. The Morgan fingerprint density at radius 1 is 1.28 bits per heavy atom. The van der Waals surface area contributed by atoms with Crippen LogP contribution < -0.4 is 0 Å². The molecule has 0 amide bonds. The van der Waals surface area contributed by atoms with Crippen molar-refractivity contribution in [2.24, 2.45) is 0 Å². The van der Waals surface area contributed by atoms with Crippen molar-refractivity contribution in [2.45, 2.75) is 0 Å². The third-order valence-electron chi connectivity index (χ3n) is 2.10. The average Bonchev–Trinajstić information content (AvgIpc) is 2.66. The Balaban J connectivity index is 2.16. The van der Waals surface area contributed by atoms with E-state index in [1.54, 1.807) is 0 Å². The minimum Gasteiger partial charge on any atom is -0.289 e. The standard InChI is InChI=1S/C12H6Cl2FNOS/c13-11-10(18-12(14)16-11)6-5-9(17)7-1-3-8(15)4-2-7/h1-6H/b6-5+. The third-order valence-corrected chi connectivity index (χ3v) is 3.62. The largest absolute Gasteiger partial charge is 0.289 e. The second-order valence-electron chi connectivity index (χ2n) is 3.33. The molecule has 0 saturated heterocycles. The van der Waals surface area contributed by atoms with Gasteiger partial charge in [-0.3, -0.25) is 4.79 Å². The lowest BCUT2D eigenvalue weighted by molar-refractivity contribution is 0.104. The normalized spacial score (nSPS) is 11.1. The van der Waals surface area contributed by atoms with E-state index in [1.807, 2.05) is 0 Å². The molecule has 0 N–H and O–H groups in total. The highest BCUT2D eigenvalue weighted by molar-refractivity contribution is 7.17. The molecule has 0 spiro atoms. The van der Waals surface area contributed by atoms with Crippen LogP contribution in [0.15, 0.2) is 30.3 Å². The van der Waals surface area contributed by atoms with E-state index in [9.17, 15) is 9.18 Å². The molecule has 6 heteroatoms. The molecule has 1 aromatic carbocycles. The number of hydrogen-bond acceptors (Lipinski definition) is 3. The third kappa shape index (κ3) is 3.16. The van der Waals surface area contributed by atoms with Crippen LogP contribution in [0.1, 0.15) is 15.2 Å². The van der Waals surface area contributed by atoms with Gasteiger partial charge in [0.05, 0.1) is 4.88 Å². The average molecular weight is 302 g/mol. The number of nitrogens with zero attached hydrogens (tertiary/aromatic N) is 1. The predicted molar refractivity (Wildman–Crippen MR) is 71.9 cm³/mol. The first-order valence-electron chi connectivity index (χ1n) is 4.86. The molecule has 0 aliphatic heterocycles. The van der Waals surface area contributed by atoms with Crippen LogP contribution in [0, 0.1) is 5.82 Å². The number of rotatable bonds is 3. The van der Waals surface area contributed by atoms with Gasteiger partial charge in [0, 0.05) is 5.56 Å².